The monoisotopic (exact) mass is 429 g/mol. The van der Waals surface area contributed by atoms with E-state index in [1.165, 1.54) is 16.8 Å². The van der Waals surface area contributed by atoms with Crippen molar-refractivity contribution in [3.05, 3.63) is 85.5 Å². The summed E-state index contributed by atoms with van der Waals surface area (Å²) >= 11 is 0. The molecule has 0 saturated carbocycles. The number of benzene rings is 3. The van der Waals surface area contributed by atoms with Crippen molar-refractivity contribution in [2.75, 3.05) is 6.79 Å². The summed E-state index contributed by atoms with van der Waals surface area (Å²) in [5.41, 5.74) is 3.13. The summed E-state index contributed by atoms with van der Waals surface area (Å²) in [6, 6.07) is 20.6. The van der Waals surface area contributed by atoms with E-state index >= 15 is 0 Å². The molecule has 2 heterocycles. The molecule has 164 valence electrons. The first-order valence-corrected chi connectivity index (χ1v) is 10.7. The van der Waals surface area contributed by atoms with E-state index in [1.54, 1.807) is 6.08 Å². The zero-order chi connectivity index (χ0) is 22.5. The molecule has 0 spiro atoms. The largest absolute Gasteiger partial charge is 0.454 e. The van der Waals surface area contributed by atoms with Crippen molar-refractivity contribution < 1.29 is 19.7 Å². The predicted molar refractivity (Wildman–Crippen MR) is 129 cm³/mol. The summed E-state index contributed by atoms with van der Waals surface area (Å²) in [6.07, 6.45) is 4.63. The number of aliphatic hydroxyl groups is 2. The van der Waals surface area contributed by atoms with Gasteiger partial charge in [0.05, 0.1) is 0 Å². The zero-order valence-electron chi connectivity index (χ0n) is 18.1. The van der Waals surface area contributed by atoms with Crippen molar-refractivity contribution >= 4 is 21.7 Å². The van der Waals surface area contributed by atoms with Crippen LogP contribution in [0, 0.1) is 0 Å². The first-order chi connectivity index (χ1) is 15.6. The standard InChI is InChI=1S/C23H19NO4.C4H8/c25-23(26)6-3-11-24-19-9-7-15-4-1-2-5-17(15)18(19)13-20(24)16-8-10-21-22(12-16)28-14-27-21;1-3-4-2/h1-10,12-13,23,25-26H,11,14H2;3H,1,4H2,2H3/b6-3+;. The highest BCUT2D eigenvalue weighted by Crippen LogP contribution is 2.38. The molecule has 1 aliphatic heterocycles. The Kier molecular flexibility index (Phi) is 6.59. The summed E-state index contributed by atoms with van der Waals surface area (Å²) in [7, 11) is 0. The van der Waals surface area contributed by atoms with Gasteiger partial charge in [-0.25, -0.2) is 0 Å². The molecule has 0 unspecified atom stereocenters. The quantitative estimate of drug-likeness (QED) is 0.318. The minimum Gasteiger partial charge on any atom is -0.454 e. The molecule has 0 aliphatic carbocycles. The van der Waals surface area contributed by atoms with E-state index in [-0.39, 0.29) is 6.79 Å². The molecule has 0 amide bonds. The van der Waals surface area contributed by atoms with Gasteiger partial charge in [-0.3, -0.25) is 0 Å². The highest BCUT2D eigenvalue weighted by molar-refractivity contribution is 6.08. The van der Waals surface area contributed by atoms with Gasteiger partial charge in [0.1, 0.15) is 0 Å². The van der Waals surface area contributed by atoms with Crippen LogP contribution in [0.1, 0.15) is 13.3 Å². The minimum absolute atomic E-state index is 0.240. The number of aromatic nitrogens is 1. The number of aliphatic hydroxyl groups excluding tert-OH is 1. The lowest BCUT2D eigenvalue weighted by atomic mass is 10.1. The molecule has 0 bridgehead atoms. The summed E-state index contributed by atoms with van der Waals surface area (Å²) in [5, 5.41) is 21.8. The lowest BCUT2D eigenvalue weighted by Gasteiger charge is -2.10. The van der Waals surface area contributed by atoms with E-state index in [0.29, 0.717) is 6.54 Å². The van der Waals surface area contributed by atoms with Crippen molar-refractivity contribution in [2.24, 2.45) is 0 Å². The maximum Gasteiger partial charge on any atom is 0.231 e. The zero-order valence-corrected chi connectivity index (χ0v) is 18.1. The van der Waals surface area contributed by atoms with E-state index < -0.39 is 6.29 Å². The van der Waals surface area contributed by atoms with Crippen LogP contribution in [-0.4, -0.2) is 27.9 Å². The maximum absolute atomic E-state index is 9.16. The van der Waals surface area contributed by atoms with Crippen LogP contribution in [-0.2, 0) is 6.54 Å². The van der Waals surface area contributed by atoms with Crippen LogP contribution in [0.2, 0.25) is 0 Å². The van der Waals surface area contributed by atoms with Crippen molar-refractivity contribution in [2.45, 2.75) is 26.2 Å². The van der Waals surface area contributed by atoms with E-state index in [0.717, 1.165) is 40.1 Å². The smallest absolute Gasteiger partial charge is 0.231 e. The molecule has 4 aromatic rings. The van der Waals surface area contributed by atoms with Crippen molar-refractivity contribution in [1.82, 2.24) is 4.57 Å². The lowest BCUT2D eigenvalue weighted by molar-refractivity contribution is 0.00214. The Bertz CT molecular complexity index is 1270. The molecule has 0 atom stereocenters. The van der Waals surface area contributed by atoms with E-state index in [9.17, 15) is 0 Å². The van der Waals surface area contributed by atoms with Crippen molar-refractivity contribution in [3.63, 3.8) is 0 Å². The Hall–Kier alpha value is -3.54. The Morgan fingerprint density at radius 3 is 2.56 bits per heavy atom. The lowest BCUT2D eigenvalue weighted by Crippen LogP contribution is -2.01. The van der Waals surface area contributed by atoms with Gasteiger partial charge in [-0.2, -0.15) is 0 Å². The van der Waals surface area contributed by atoms with Gasteiger partial charge in [0.15, 0.2) is 17.8 Å². The van der Waals surface area contributed by atoms with Crippen LogP contribution in [0.15, 0.2) is 85.5 Å². The maximum atomic E-state index is 9.16. The highest BCUT2D eigenvalue weighted by atomic mass is 16.7. The second-order valence-corrected chi connectivity index (χ2v) is 7.47. The molecule has 5 rings (SSSR count). The van der Waals surface area contributed by atoms with Crippen molar-refractivity contribution in [1.29, 1.82) is 0 Å². The average molecular weight is 430 g/mol. The SMILES string of the molecule is C=CCC.OC(O)/C=C/Cn1c(-c2ccc3c(c2)OCO3)cc2c3ccccc3ccc21. The molecule has 2 N–H and O–H groups in total. The van der Waals surface area contributed by atoms with Crippen LogP contribution in [0.5, 0.6) is 11.5 Å². The number of hydrogen-bond acceptors (Lipinski definition) is 4. The van der Waals surface area contributed by atoms with Gasteiger partial charge >= 0.3 is 0 Å². The van der Waals surface area contributed by atoms with Crippen LogP contribution < -0.4 is 9.47 Å². The normalized spacial score (nSPS) is 12.5. The number of nitrogens with zero attached hydrogens (tertiary/aromatic N) is 1. The average Bonchev–Trinajstić information content (AvgIpc) is 3.43. The molecule has 3 aromatic carbocycles. The fourth-order valence-corrected chi connectivity index (χ4v) is 3.80. The fourth-order valence-electron chi connectivity index (χ4n) is 3.80. The van der Waals surface area contributed by atoms with Crippen LogP contribution >= 0.6 is 0 Å². The van der Waals surface area contributed by atoms with Gasteiger partial charge < -0.3 is 24.3 Å². The molecule has 5 heteroatoms. The summed E-state index contributed by atoms with van der Waals surface area (Å²) in [6.45, 7) is 6.30. The van der Waals surface area contributed by atoms with Gasteiger partial charge in [-0.05, 0) is 53.6 Å². The van der Waals surface area contributed by atoms with E-state index in [2.05, 4.69) is 48.4 Å². The van der Waals surface area contributed by atoms with Gasteiger partial charge in [0, 0.05) is 28.7 Å². The van der Waals surface area contributed by atoms with Gasteiger partial charge in [-0.15, -0.1) is 6.58 Å². The fraction of sp³-hybridized carbons (Fsp3) is 0.185. The highest BCUT2D eigenvalue weighted by Gasteiger charge is 2.17. The first-order valence-electron chi connectivity index (χ1n) is 10.7. The van der Waals surface area contributed by atoms with E-state index in [4.69, 9.17) is 19.7 Å². The second-order valence-electron chi connectivity index (χ2n) is 7.47. The van der Waals surface area contributed by atoms with Gasteiger partial charge in [0.25, 0.3) is 0 Å². The third-order valence-corrected chi connectivity index (χ3v) is 5.36. The Labute approximate surface area is 187 Å². The topological polar surface area (TPSA) is 63.9 Å². The van der Waals surface area contributed by atoms with Gasteiger partial charge in [-0.1, -0.05) is 49.4 Å². The number of hydrogen-bond donors (Lipinski definition) is 2. The van der Waals surface area contributed by atoms with Gasteiger partial charge in [0.2, 0.25) is 6.79 Å². The molecular weight excluding hydrogens is 402 g/mol. The minimum atomic E-state index is -1.46. The number of rotatable bonds is 5. The molecular formula is C27H27NO4. The Morgan fingerprint density at radius 1 is 1.00 bits per heavy atom. The van der Waals surface area contributed by atoms with E-state index in [1.807, 2.05) is 36.4 Å². The third-order valence-electron chi connectivity index (χ3n) is 5.36. The molecule has 0 saturated heterocycles. The summed E-state index contributed by atoms with van der Waals surface area (Å²) in [5.74, 6) is 1.49. The third kappa shape index (κ3) is 4.40. The molecule has 32 heavy (non-hydrogen) atoms. The Morgan fingerprint density at radius 2 is 1.78 bits per heavy atom. The predicted octanol–water partition coefficient (Wildman–Crippen LogP) is 5.64. The van der Waals surface area contributed by atoms with Crippen LogP contribution in [0.4, 0.5) is 0 Å². The summed E-state index contributed by atoms with van der Waals surface area (Å²) < 4.78 is 13.1. The molecule has 1 aromatic heterocycles. The van der Waals surface area contributed by atoms with Crippen LogP contribution in [0.25, 0.3) is 32.9 Å². The molecule has 5 nitrogen and oxygen atoms in total. The first kappa shape index (κ1) is 21.7. The number of fused-ring (bicyclic) bond motifs is 4. The van der Waals surface area contributed by atoms with Crippen molar-refractivity contribution in [3.8, 4) is 22.8 Å². The second kappa shape index (κ2) is 9.73. The molecule has 1 aliphatic rings. The Balaban J connectivity index is 0.000000567. The number of allylic oxidation sites excluding steroid dienone is 2. The number of ether oxygens (including phenoxy) is 2. The molecule has 0 fully saturated rings. The van der Waals surface area contributed by atoms with Crippen LogP contribution in [0.3, 0.4) is 0 Å². The molecule has 0 radical (unpaired) electrons. The summed E-state index contributed by atoms with van der Waals surface area (Å²) in [4.78, 5) is 0.